The molecule has 0 bridgehead atoms. The number of carbonyl (C=O) groups excluding carboxylic acids is 1. The number of nitrogens with zero attached hydrogens (tertiary/aromatic N) is 3. The Balaban J connectivity index is 1.45. The third kappa shape index (κ3) is 5.36. The van der Waals surface area contributed by atoms with Crippen molar-refractivity contribution in [1.82, 2.24) is 15.3 Å². The Morgan fingerprint density at radius 1 is 1.16 bits per heavy atom. The highest BCUT2D eigenvalue weighted by Crippen LogP contribution is 2.27. The number of benzene rings is 2. The van der Waals surface area contributed by atoms with E-state index in [0.717, 1.165) is 55.1 Å². The predicted molar refractivity (Wildman–Crippen MR) is 125 cm³/mol. The van der Waals surface area contributed by atoms with Gasteiger partial charge < -0.3 is 20.3 Å². The van der Waals surface area contributed by atoms with Crippen LogP contribution in [-0.4, -0.2) is 48.7 Å². The first kappa shape index (κ1) is 21.6. The number of aryl methyl sites for hydroxylation is 1. The summed E-state index contributed by atoms with van der Waals surface area (Å²) in [5, 5.41) is 7.99. The van der Waals surface area contributed by atoms with Gasteiger partial charge in [0.15, 0.2) is 6.61 Å². The molecule has 1 aromatic heterocycles. The SMILES string of the molecule is Cc1nc(N2CCCNCC2)nc2ccc(NC(=O)COc3ccc(Cl)cc3Cl)cc12. The maximum absolute atomic E-state index is 12.3. The number of fused-ring (bicyclic) bond motifs is 1. The summed E-state index contributed by atoms with van der Waals surface area (Å²) in [6.07, 6.45) is 1.06. The molecule has 31 heavy (non-hydrogen) atoms. The van der Waals surface area contributed by atoms with Crippen molar-refractivity contribution in [3.05, 3.63) is 52.1 Å². The highest BCUT2D eigenvalue weighted by atomic mass is 35.5. The number of anilines is 2. The van der Waals surface area contributed by atoms with E-state index in [-0.39, 0.29) is 12.5 Å². The number of rotatable bonds is 5. The minimum absolute atomic E-state index is 0.170. The lowest BCUT2D eigenvalue weighted by Gasteiger charge is -2.20. The fourth-order valence-corrected chi connectivity index (χ4v) is 3.93. The van der Waals surface area contributed by atoms with Crippen LogP contribution in [0, 0.1) is 6.92 Å². The standard InChI is InChI=1S/C22H23Cl2N5O2/c1-14-17-12-16(27-21(30)13-31-20-6-3-15(23)11-18(20)24)4-5-19(17)28-22(26-14)29-9-2-7-25-8-10-29/h3-6,11-12,25H,2,7-10,13H2,1H3,(H,27,30). The van der Waals surface area contributed by atoms with Gasteiger partial charge in [-0.25, -0.2) is 9.97 Å². The van der Waals surface area contributed by atoms with Gasteiger partial charge in [-0.3, -0.25) is 4.79 Å². The summed E-state index contributed by atoms with van der Waals surface area (Å²) >= 11 is 11.9. The van der Waals surface area contributed by atoms with Crippen molar-refractivity contribution in [2.45, 2.75) is 13.3 Å². The molecular weight excluding hydrogens is 437 g/mol. The van der Waals surface area contributed by atoms with Crippen molar-refractivity contribution >= 4 is 51.6 Å². The molecule has 1 amide bonds. The maximum atomic E-state index is 12.3. The Kier molecular flexibility index (Phi) is 6.75. The van der Waals surface area contributed by atoms with E-state index in [2.05, 4.69) is 15.5 Å². The highest BCUT2D eigenvalue weighted by molar-refractivity contribution is 6.35. The first-order valence-electron chi connectivity index (χ1n) is 10.1. The van der Waals surface area contributed by atoms with Crippen LogP contribution in [0.2, 0.25) is 10.0 Å². The first-order valence-corrected chi connectivity index (χ1v) is 10.9. The van der Waals surface area contributed by atoms with E-state index < -0.39 is 0 Å². The third-order valence-corrected chi connectivity index (χ3v) is 5.56. The van der Waals surface area contributed by atoms with Gasteiger partial charge in [0.2, 0.25) is 5.95 Å². The Morgan fingerprint density at radius 2 is 2.03 bits per heavy atom. The summed E-state index contributed by atoms with van der Waals surface area (Å²) in [6, 6.07) is 10.5. The minimum atomic E-state index is -0.294. The van der Waals surface area contributed by atoms with Crippen LogP contribution in [0.3, 0.4) is 0 Å². The Morgan fingerprint density at radius 3 is 2.87 bits per heavy atom. The van der Waals surface area contributed by atoms with Gasteiger partial charge in [0, 0.05) is 35.7 Å². The van der Waals surface area contributed by atoms with Gasteiger partial charge in [-0.05, 0) is 56.3 Å². The lowest BCUT2D eigenvalue weighted by molar-refractivity contribution is -0.118. The quantitative estimate of drug-likeness (QED) is 0.598. The summed E-state index contributed by atoms with van der Waals surface area (Å²) in [4.78, 5) is 24.0. The smallest absolute Gasteiger partial charge is 0.262 e. The molecule has 0 atom stereocenters. The summed E-state index contributed by atoms with van der Waals surface area (Å²) < 4.78 is 5.49. The molecule has 0 aliphatic carbocycles. The van der Waals surface area contributed by atoms with Crippen LogP contribution in [0.5, 0.6) is 5.75 Å². The molecule has 0 radical (unpaired) electrons. The molecule has 7 nitrogen and oxygen atoms in total. The average molecular weight is 460 g/mol. The van der Waals surface area contributed by atoms with E-state index in [1.54, 1.807) is 18.2 Å². The third-order valence-electron chi connectivity index (χ3n) is 5.03. The molecule has 2 N–H and O–H groups in total. The van der Waals surface area contributed by atoms with Crippen molar-refractivity contribution in [3.63, 3.8) is 0 Å². The number of hydrogen-bond acceptors (Lipinski definition) is 6. The zero-order chi connectivity index (χ0) is 21.8. The highest BCUT2D eigenvalue weighted by Gasteiger charge is 2.15. The summed E-state index contributed by atoms with van der Waals surface area (Å²) in [5.41, 5.74) is 2.38. The van der Waals surface area contributed by atoms with Gasteiger partial charge in [-0.1, -0.05) is 23.2 Å². The molecule has 1 aliphatic heterocycles. The van der Waals surface area contributed by atoms with Crippen LogP contribution >= 0.6 is 23.2 Å². The van der Waals surface area contributed by atoms with Gasteiger partial charge in [0.1, 0.15) is 5.75 Å². The van der Waals surface area contributed by atoms with Crippen molar-refractivity contribution in [1.29, 1.82) is 0 Å². The van der Waals surface area contributed by atoms with Crippen molar-refractivity contribution in [3.8, 4) is 5.75 Å². The van der Waals surface area contributed by atoms with E-state index in [0.29, 0.717) is 21.5 Å². The second kappa shape index (κ2) is 9.68. The van der Waals surface area contributed by atoms with E-state index in [9.17, 15) is 4.79 Å². The van der Waals surface area contributed by atoms with Crippen LogP contribution in [0.25, 0.3) is 10.9 Å². The summed E-state index contributed by atoms with van der Waals surface area (Å²) in [7, 11) is 0. The zero-order valence-electron chi connectivity index (χ0n) is 17.1. The molecule has 0 saturated carbocycles. The number of ether oxygens (including phenoxy) is 1. The molecule has 0 unspecified atom stereocenters. The molecule has 0 spiro atoms. The van der Waals surface area contributed by atoms with E-state index in [1.807, 2.05) is 25.1 Å². The monoisotopic (exact) mass is 459 g/mol. The number of hydrogen-bond donors (Lipinski definition) is 2. The maximum Gasteiger partial charge on any atom is 0.262 e. The van der Waals surface area contributed by atoms with Gasteiger partial charge in [-0.2, -0.15) is 0 Å². The lowest BCUT2D eigenvalue weighted by Crippen LogP contribution is -2.29. The van der Waals surface area contributed by atoms with Crippen LogP contribution in [-0.2, 0) is 4.79 Å². The lowest BCUT2D eigenvalue weighted by atomic mass is 10.1. The number of nitrogens with one attached hydrogen (secondary N) is 2. The topological polar surface area (TPSA) is 79.4 Å². The van der Waals surface area contributed by atoms with Gasteiger partial charge in [0.05, 0.1) is 16.2 Å². The predicted octanol–water partition coefficient (Wildman–Crippen LogP) is 4.06. The van der Waals surface area contributed by atoms with E-state index >= 15 is 0 Å². The molecule has 2 aromatic carbocycles. The van der Waals surface area contributed by atoms with Gasteiger partial charge in [-0.15, -0.1) is 0 Å². The summed E-state index contributed by atoms with van der Waals surface area (Å²) in [5.74, 6) is 0.858. The Labute approximate surface area is 190 Å². The van der Waals surface area contributed by atoms with Gasteiger partial charge >= 0.3 is 0 Å². The van der Waals surface area contributed by atoms with Crippen LogP contribution in [0.1, 0.15) is 12.1 Å². The van der Waals surface area contributed by atoms with E-state index in [1.165, 1.54) is 0 Å². The van der Waals surface area contributed by atoms with E-state index in [4.69, 9.17) is 37.9 Å². The van der Waals surface area contributed by atoms with Crippen molar-refractivity contribution < 1.29 is 9.53 Å². The van der Waals surface area contributed by atoms with Crippen LogP contribution in [0.15, 0.2) is 36.4 Å². The fraction of sp³-hybridized carbons (Fsp3) is 0.318. The minimum Gasteiger partial charge on any atom is -0.482 e. The molecular formula is C22H23Cl2N5O2. The summed E-state index contributed by atoms with van der Waals surface area (Å²) in [6.45, 7) is 5.55. The zero-order valence-corrected chi connectivity index (χ0v) is 18.6. The molecule has 1 saturated heterocycles. The number of amides is 1. The normalized spacial score (nSPS) is 14.4. The first-order chi connectivity index (χ1) is 15.0. The molecule has 2 heterocycles. The molecule has 162 valence electrons. The second-order valence-corrected chi connectivity index (χ2v) is 8.19. The Bertz CT molecular complexity index is 1100. The molecule has 4 rings (SSSR count). The van der Waals surface area contributed by atoms with Crippen LogP contribution < -0.4 is 20.3 Å². The molecule has 9 heteroatoms. The average Bonchev–Trinajstić information content (AvgIpc) is 3.03. The Hall–Kier alpha value is -2.61. The van der Waals surface area contributed by atoms with Crippen molar-refractivity contribution in [2.24, 2.45) is 0 Å². The largest absolute Gasteiger partial charge is 0.482 e. The van der Waals surface area contributed by atoms with Crippen LogP contribution in [0.4, 0.5) is 11.6 Å². The molecule has 3 aromatic rings. The second-order valence-electron chi connectivity index (χ2n) is 7.34. The van der Waals surface area contributed by atoms with Gasteiger partial charge in [0.25, 0.3) is 5.91 Å². The molecule has 1 aliphatic rings. The van der Waals surface area contributed by atoms with Crippen molar-refractivity contribution in [2.75, 3.05) is 43.0 Å². The molecule has 1 fully saturated rings. The number of carbonyl (C=O) groups is 1. The number of aromatic nitrogens is 2. The number of halogens is 2. The fourth-order valence-electron chi connectivity index (χ4n) is 3.46.